The van der Waals surface area contributed by atoms with Crippen LogP contribution in [0.4, 0.5) is 0 Å². The first-order chi connectivity index (χ1) is 10.5. The maximum Gasteiger partial charge on any atom is 0.331 e. The molecule has 1 rings (SSSR count). The fraction of sp³-hybridized carbons (Fsp3) is 0.312. The van der Waals surface area contributed by atoms with E-state index < -0.39 is 24.5 Å². The molecule has 6 heteroatoms. The molecule has 1 N–H and O–H groups in total. The largest absolute Gasteiger partial charge is 0.478 e. The van der Waals surface area contributed by atoms with E-state index in [1.165, 1.54) is 0 Å². The lowest BCUT2D eigenvalue weighted by Crippen LogP contribution is -2.21. The van der Waals surface area contributed by atoms with E-state index in [0.29, 0.717) is 19.1 Å². The van der Waals surface area contributed by atoms with E-state index >= 15 is 0 Å². The molecule has 1 atom stereocenters. The molecule has 0 aliphatic heterocycles. The highest BCUT2D eigenvalue weighted by Crippen LogP contribution is 2.20. The van der Waals surface area contributed by atoms with Crippen LogP contribution < -0.4 is 0 Å². The molecule has 1 aromatic rings. The molecule has 0 fully saturated rings. The lowest BCUT2D eigenvalue weighted by Gasteiger charge is -2.15. The van der Waals surface area contributed by atoms with Crippen molar-refractivity contribution in [3.8, 4) is 0 Å². The summed E-state index contributed by atoms with van der Waals surface area (Å²) >= 11 is 0. The first kappa shape index (κ1) is 17.6. The van der Waals surface area contributed by atoms with Crippen molar-refractivity contribution < 1.29 is 29.0 Å². The van der Waals surface area contributed by atoms with Gasteiger partial charge in [0.2, 0.25) is 0 Å². The Morgan fingerprint density at radius 2 is 1.86 bits per heavy atom. The van der Waals surface area contributed by atoms with Gasteiger partial charge in [-0.25, -0.2) is 9.59 Å². The van der Waals surface area contributed by atoms with Gasteiger partial charge in [-0.1, -0.05) is 30.3 Å². The van der Waals surface area contributed by atoms with Gasteiger partial charge in [0.25, 0.3) is 0 Å². The molecule has 0 radical (unpaired) electrons. The molecular weight excluding hydrogens is 288 g/mol. The molecule has 22 heavy (non-hydrogen) atoms. The van der Waals surface area contributed by atoms with E-state index in [2.05, 4.69) is 0 Å². The van der Waals surface area contributed by atoms with Gasteiger partial charge in [-0.2, -0.15) is 0 Å². The Labute approximate surface area is 128 Å². The van der Waals surface area contributed by atoms with Gasteiger partial charge >= 0.3 is 11.9 Å². The number of esters is 1. The zero-order chi connectivity index (χ0) is 16.4. The second-order valence-corrected chi connectivity index (χ2v) is 4.49. The van der Waals surface area contributed by atoms with E-state index in [1.54, 1.807) is 7.11 Å². The van der Waals surface area contributed by atoms with Crippen LogP contribution in [0.25, 0.3) is 0 Å². The lowest BCUT2D eigenvalue weighted by molar-refractivity contribution is -0.144. The summed E-state index contributed by atoms with van der Waals surface area (Å²) in [6, 6.07) is 9.14. The molecule has 0 heterocycles. The van der Waals surface area contributed by atoms with Crippen molar-refractivity contribution in [1.29, 1.82) is 0 Å². The summed E-state index contributed by atoms with van der Waals surface area (Å²) in [6.45, 7) is -0.00969. The van der Waals surface area contributed by atoms with Gasteiger partial charge in [-0.3, -0.25) is 4.79 Å². The van der Waals surface area contributed by atoms with E-state index in [0.717, 1.165) is 11.6 Å². The molecule has 1 unspecified atom stereocenters. The van der Waals surface area contributed by atoms with Crippen molar-refractivity contribution in [2.24, 2.45) is 0 Å². The van der Waals surface area contributed by atoms with Crippen LogP contribution in [0.5, 0.6) is 0 Å². The van der Waals surface area contributed by atoms with E-state index in [9.17, 15) is 14.4 Å². The maximum atomic E-state index is 12.2. The number of methoxy groups -OCH3 is 1. The normalized spacial score (nSPS) is 12.0. The lowest BCUT2D eigenvalue weighted by atomic mass is 9.92. The molecule has 0 saturated heterocycles. The van der Waals surface area contributed by atoms with Gasteiger partial charge in [-0.05, 0) is 12.0 Å². The first-order valence-electron chi connectivity index (χ1n) is 6.69. The standard InChI is InChI=1S/C16H18O6/c1-21-10-9-13(12-5-3-2-4-6-12)14(17)11-22-16(20)8-7-15(18)19/h2-8,13H,9-11H2,1H3,(H,18,19)/b8-7+. The zero-order valence-electron chi connectivity index (χ0n) is 12.2. The fourth-order valence-electron chi connectivity index (χ4n) is 1.86. The average molecular weight is 306 g/mol. The minimum Gasteiger partial charge on any atom is -0.478 e. The number of rotatable bonds is 9. The minimum absolute atomic E-state index is 0.264. The highest BCUT2D eigenvalue weighted by molar-refractivity contribution is 5.93. The Morgan fingerprint density at radius 3 is 2.45 bits per heavy atom. The van der Waals surface area contributed by atoms with Crippen molar-refractivity contribution in [3.63, 3.8) is 0 Å². The fourth-order valence-corrected chi connectivity index (χ4v) is 1.86. The van der Waals surface area contributed by atoms with Gasteiger partial charge in [0.05, 0.1) is 0 Å². The molecule has 0 aliphatic rings. The van der Waals surface area contributed by atoms with Crippen molar-refractivity contribution >= 4 is 17.7 Å². The van der Waals surface area contributed by atoms with Crippen LogP contribution in [0.2, 0.25) is 0 Å². The van der Waals surface area contributed by atoms with Crippen molar-refractivity contribution in [2.75, 3.05) is 20.3 Å². The zero-order valence-corrected chi connectivity index (χ0v) is 12.2. The summed E-state index contributed by atoms with van der Waals surface area (Å²) in [5.74, 6) is -2.82. The summed E-state index contributed by atoms with van der Waals surface area (Å²) in [6.07, 6.45) is 1.90. The second kappa shape index (κ2) is 9.46. The Bertz CT molecular complexity index is 535. The van der Waals surface area contributed by atoms with E-state index in [4.69, 9.17) is 14.6 Å². The number of ether oxygens (including phenoxy) is 2. The molecular formula is C16H18O6. The Hall–Kier alpha value is -2.47. The number of ketones is 1. The van der Waals surface area contributed by atoms with Gasteiger partial charge in [-0.15, -0.1) is 0 Å². The average Bonchev–Trinajstić information content (AvgIpc) is 2.52. The predicted molar refractivity (Wildman–Crippen MR) is 78.4 cm³/mol. The van der Waals surface area contributed by atoms with Crippen molar-refractivity contribution in [1.82, 2.24) is 0 Å². The number of Topliss-reactive ketones (excluding diaryl/α,β-unsaturated/α-hetero) is 1. The third-order valence-electron chi connectivity index (χ3n) is 2.92. The molecule has 0 aliphatic carbocycles. The smallest absolute Gasteiger partial charge is 0.331 e. The third-order valence-corrected chi connectivity index (χ3v) is 2.92. The van der Waals surface area contributed by atoms with Crippen LogP contribution in [-0.4, -0.2) is 43.2 Å². The second-order valence-electron chi connectivity index (χ2n) is 4.49. The summed E-state index contributed by atoms with van der Waals surface area (Å²) in [5.41, 5.74) is 0.821. The number of benzene rings is 1. The molecule has 1 aromatic carbocycles. The van der Waals surface area contributed by atoms with Gasteiger partial charge in [0.15, 0.2) is 12.4 Å². The Morgan fingerprint density at radius 1 is 1.18 bits per heavy atom. The summed E-state index contributed by atoms with van der Waals surface area (Å²) < 4.78 is 9.76. The molecule has 6 nitrogen and oxygen atoms in total. The summed E-state index contributed by atoms with van der Waals surface area (Å²) in [4.78, 5) is 33.8. The predicted octanol–water partition coefficient (Wildman–Crippen LogP) is 1.56. The highest BCUT2D eigenvalue weighted by atomic mass is 16.5. The van der Waals surface area contributed by atoms with Gasteiger partial charge in [0, 0.05) is 31.8 Å². The quantitative estimate of drug-likeness (QED) is 0.550. The first-order valence-corrected chi connectivity index (χ1v) is 6.69. The molecule has 0 saturated carbocycles. The molecule has 0 amide bonds. The summed E-state index contributed by atoms with van der Waals surface area (Å²) in [7, 11) is 1.54. The number of carboxylic acids is 1. The van der Waals surface area contributed by atoms with Crippen molar-refractivity contribution in [2.45, 2.75) is 12.3 Å². The number of aliphatic carboxylic acids is 1. The van der Waals surface area contributed by atoms with Crippen LogP contribution in [0.3, 0.4) is 0 Å². The molecule has 0 bridgehead atoms. The SMILES string of the molecule is COCCC(C(=O)COC(=O)/C=C/C(=O)O)c1ccccc1. The minimum atomic E-state index is -1.26. The van der Waals surface area contributed by atoms with Crippen LogP contribution in [0, 0.1) is 0 Å². The number of carbonyl (C=O) groups excluding carboxylic acids is 2. The van der Waals surface area contributed by atoms with E-state index in [1.807, 2.05) is 30.3 Å². The number of carboxylic acid groups (broad SMARTS) is 1. The third kappa shape index (κ3) is 6.32. The van der Waals surface area contributed by atoms with E-state index in [-0.39, 0.29) is 5.78 Å². The van der Waals surface area contributed by atoms with Crippen LogP contribution in [0.15, 0.2) is 42.5 Å². The van der Waals surface area contributed by atoms with Crippen LogP contribution in [0.1, 0.15) is 17.9 Å². The Balaban J connectivity index is 2.65. The molecule has 118 valence electrons. The topological polar surface area (TPSA) is 89.9 Å². The number of hydrogen-bond acceptors (Lipinski definition) is 5. The maximum absolute atomic E-state index is 12.2. The van der Waals surface area contributed by atoms with Crippen molar-refractivity contribution in [3.05, 3.63) is 48.0 Å². The van der Waals surface area contributed by atoms with Crippen LogP contribution >= 0.6 is 0 Å². The molecule has 0 aromatic heterocycles. The van der Waals surface area contributed by atoms with Gasteiger partial charge in [0.1, 0.15) is 0 Å². The number of carbonyl (C=O) groups is 3. The Kier molecular flexibility index (Phi) is 7.56. The highest BCUT2D eigenvalue weighted by Gasteiger charge is 2.21. The van der Waals surface area contributed by atoms with Crippen LogP contribution in [-0.2, 0) is 23.9 Å². The molecule has 0 spiro atoms. The number of hydrogen-bond donors (Lipinski definition) is 1. The monoisotopic (exact) mass is 306 g/mol. The summed E-state index contributed by atoms with van der Waals surface area (Å²) in [5, 5.41) is 8.40. The van der Waals surface area contributed by atoms with Gasteiger partial charge < -0.3 is 14.6 Å².